The van der Waals surface area contributed by atoms with E-state index in [0.29, 0.717) is 29.2 Å². The Kier molecular flexibility index (Phi) is 4.79. The summed E-state index contributed by atoms with van der Waals surface area (Å²) in [6.45, 7) is 6.66. The van der Waals surface area contributed by atoms with Crippen molar-refractivity contribution in [2.75, 3.05) is 5.73 Å². The molecule has 1 aliphatic carbocycles. The smallest absolute Gasteiger partial charge is 0.145 e. The first kappa shape index (κ1) is 15.4. The van der Waals surface area contributed by atoms with E-state index in [-0.39, 0.29) is 11.1 Å². The van der Waals surface area contributed by atoms with E-state index in [2.05, 4.69) is 20.8 Å². The molecule has 1 aromatic rings. The molecule has 3 unspecified atom stereocenters. The maximum atomic E-state index is 13.6. The third-order valence-corrected chi connectivity index (χ3v) is 4.58. The van der Waals surface area contributed by atoms with Crippen LogP contribution in [0.5, 0.6) is 5.75 Å². The maximum absolute atomic E-state index is 13.6. The number of nitrogens with two attached hydrogens (primary N) is 1. The number of halogens is 2. The second-order valence-corrected chi connectivity index (χ2v) is 6.69. The predicted molar refractivity (Wildman–Crippen MR) is 81.6 cm³/mol. The highest BCUT2D eigenvalue weighted by Gasteiger charge is 2.32. The average Bonchev–Trinajstić information content (AvgIpc) is 2.35. The summed E-state index contributed by atoms with van der Waals surface area (Å²) in [5, 5.41) is 0.0345. The van der Waals surface area contributed by atoms with Crippen molar-refractivity contribution in [1.29, 1.82) is 0 Å². The van der Waals surface area contributed by atoms with Crippen LogP contribution < -0.4 is 10.5 Å². The van der Waals surface area contributed by atoms with Crippen molar-refractivity contribution >= 4 is 17.3 Å². The molecule has 0 amide bonds. The summed E-state index contributed by atoms with van der Waals surface area (Å²) in [5.41, 5.74) is 6.29. The average molecular weight is 300 g/mol. The van der Waals surface area contributed by atoms with E-state index in [1.54, 1.807) is 0 Å². The van der Waals surface area contributed by atoms with Gasteiger partial charge >= 0.3 is 0 Å². The third kappa shape index (κ3) is 3.38. The molecule has 1 aromatic carbocycles. The SMILES string of the molecule is CC1CCC(C(C)C)C(Oc2cc(F)c(Cl)cc2N)C1. The molecule has 112 valence electrons. The van der Waals surface area contributed by atoms with E-state index in [9.17, 15) is 4.39 Å². The molecular formula is C16H23ClFNO. The highest BCUT2D eigenvalue weighted by molar-refractivity contribution is 6.31. The summed E-state index contributed by atoms with van der Waals surface area (Å²) in [6, 6.07) is 2.72. The highest BCUT2D eigenvalue weighted by Crippen LogP contribution is 2.38. The van der Waals surface area contributed by atoms with E-state index >= 15 is 0 Å². The first-order valence-corrected chi connectivity index (χ1v) is 7.67. The molecule has 0 bridgehead atoms. The molecule has 2 N–H and O–H groups in total. The van der Waals surface area contributed by atoms with Gasteiger partial charge < -0.3 is 10.5 Å². The molecule has 3 atom stereocenters. The summed E-state index contributed by atoms with van der Waals surface area (Å²) >= 11 is 5.72. The zero-order chi connectivity index (χ0) is 14.9. The van der Waals surface area contributed by atoms with Crippen molar-refractivity contribution in [3.8, 4) is 5.75 Å². The van der Waals surface area contributed by atoms with Crippen LogP contribution >= 0.6 is 11.6 Å². The Balaban J connectivity index is 2.20. The number of hydrogen-bond donors (Lipinski definition) is 1. The van der Waals surface area contributed by atoms with Gasteiger partial charge in [0.1, 0.15) is 17.7 Å². The molecule has 0 saturated heterocycles. The zero-order valence-corrected chi connectivity index (χ0v) is 13.1. The van der Waals surface area contributed by atoms with Crippen LogP contribution in [0, 0.1) is 23.6 Å². The molecule has 1 fully saturated rings. The van der Waals surface area contributed by atoms with Gasteiger partial charge in [0.2, 0.25) is 0 Å². The van der Waals surface area contributed by atoms with Crippen LogP contribution in [0.2, 0.25) is 5.02 Å². The van der Waals surface area contributed by atoms with Gasteiger partial charge in [-0.1, -0.05) is 38.8 Å². The lowest BCUT2D eigenvalue weighted by atomic mass is 9.75. The van der Waals surface area contributed by atoms with Gasteiger partial charge in [-0.2, -0.15) is 0 Å². The number of rotatable bonds is 3. The molecular weight excluding hydrogens is 277 g/mol. The van der Waals surface area contributed by atoms with Crippen molar-refractivity contribution < 1.29 is 9.13 Å². The Labute approximate surface area is 125 Å². The van der Waals surface area contributed by atoms with Crippen molar-refractivity contribution in [3.63, 3.8) is 0 Å². The first-order valence-electron chi connectivity index (χ1n) is 7.29. The Hall–Kier alpha value is -0.960. The lowest BCUT2D eigenvalue weighted by Crippen LogP contribution is -2.36. The van der Waals surface area contributed by atoms with E-state index in [0.717, 1.165) is 12.8 Å². The summed E-state index contributed by atoms with van der Waals surface area (Å²) in [7, 11) is 0. The minimum atomic E-state index is -0.485. The number of anilines is 1. The Bertz CT molecular complexity index is 478. The fourth-order valence-corrected chi connectivity index (χ4v) is 3.23. The Morgan fingerprint density at radius 3 is 2.70 bits per heavy atom. The molecule has 4 heteroatoms. The van der Waals surface area contributed by atoms with Crippen LogP contribution in [0.25, 0.3) is 0 Å². The van der Waals surface area contributed by atoms with E-state index < -0.39 is 5.82 Å². The minimum Gasteiger partial charge on any atom is -0.488 e. The van der Waals surface area contributed by atoms with Crippen molar-refractivity contribution in [2.24, 2.45) is 17.8 Å². The van der Waals surface area contributed by atoms with Gasteiger partial charge in [-0.15, -0.1) is 0 Å². The second kappa shape index (κ2) is 6.21. The maximum Gasteiger partial charge on any atom is 0.145 e. The summed E-state index contributed by atoms with van der Waals surface area (Å²) in [6.07, 6.45) is 3.47. The van der Waals surface area contributed by atoms with Gasteiger partial charge in [0.15, 0.2) is 0 Å². The molecule has 2 rings (SSSR count). The lowest BCUT2D eigenvalue weighted by molar-refractivity contribution is 0.0464. The van der Waals surface area contributed by atoms with Gasteiger partial charge in [0.25, 0.3) is 0 Å². The van der Waals surface area contributed by atoms with E-state index in [4.69, 9.17) is 22.1 Å². The minimum absolute atomic E-state index is 0.0345. The van der Waals surface area contributed by atoms with Crippen LogP contribution in [-0.4, -0.2) is 6.10 Å². The summed E-state index contributed by atoms with van der Waals surface area (Å²) in [5.74, 6) is 1.60. The van der Waals surface area contributed by atoms with Crippen molar-refractivity contribution in [1.82, 2.24) is 0 Å². The van der Waals surface area contributed by atoms with Crippen molar-refractivity contribution in [2.45, 2.75) is 46.1 Å². The van der Waals surface area contributed by atoms with Crippen molar-refractivity contribution in [3.05, 3.63) is 23.0 Å². The fraction of sp³-hybridized carbons (Fsp3) is 0.625. The zero-order valence-electron chi connectivity index (χ0n) is 12.3. The predicted octanol–water partition coefficient (Wildman–Crippen LogP) is 4.90. The molecule has 1 saturated carbocycles. The van der Waals surface area contributed by atoms with Crippen LogP contribution in [0.4, 0.5) is 10.1 Å². The first-order chi connectivity index (χ1) is 9.38. The number of nitrogen functional groups attached to an aromatic ring is 1. The van der Waals surface area contributed by atoms with Crippen LogP contribution in [0.15, 0.2) is 12.1 Å². The number of benzene rings is 1. The highest BCUT2D eigenvalue weighted by atomic mass is 35.5. The van der Waals surface area contributed by atoms with Crippen LogP contribution in [0.3, 0.4) is 0 Å². The molecule has 20 heavy (non-hydrogen) atoms. The Morgan fingerprint density at radius 1 is 1.35 bits per heavy atom. The standard InChI is InChI=1S/C16H23ClFNO/c1-9(2)11-5-4-10(3)6-15(11)20-16-8-13(18)12(17)7-14(16)19/h7-11,15H,4-6,19H2,1-3H3. The number of ether oxygens (including phenoxy) is 1. The number of hydrogen-bond acceptors (Lipinski definition) is 2. The molecule has 0 spiro atoms. The van der Waals surface area contributed by atoms with Crippen LogP contribution in [-0.2, 0) is 0 Å². The summed E-state index contributed by atoms with van der Waals surface area (Å²) < 4.78 is 19.6. The second-order valence-electron chi connectivity index (χ2n) is 6.29. The molecule has 0 aliphatic heterocycles. The summed E-state index contributed by atoms with van der Waals surface area (Å²) in [4.78, 5) is 0. The fourth-order valence-electron chi connectivity index (χ4n) is 3.06. The molecule has 1 aliphatic rings. The van der Waals surface area contributed by atoms with Gasteiger partial charge in [-0.05, 0) is 36.7 Å². The normalized spacial score (nSPS) is 26.8. The Morgan fingerprint density at radius 2 is 2.05 bits per heavy atom. The third-order valence-electron chi connectivity index (χ3n) is 4.29. The van der Waals surface area contributed by atoms with Gasteiger partial charge in [-0.25, -0.2) is 4.39 Å². The topological polar surface area (TPSA) is 35.2 Å². The van der Waals surface area contributed by atoms with E-state index in [1.165, 1.54) is 18.6 Å². The largest absolute Gasteiger partial charge is 0.488 e. The van der Waals surface area contributed by atoms with Crippen LogP contribution in [0.1, 0.15) is 40.0 Å². The molecule has 0 aromatic heterocycles. The van der Waals surface area contributed by atoms with Gasteiger partial charge in [-0.3, -0.25) is 0 Å². The van der Waals surface area contributed by atoms with Gasteiger partial charge in [0, 0.05) is 6.07 Å². The van der Waals surface area contributed by atoms with E-state index in [1.807, 2.05) is 0 Å². The lowest BCUT2D eigenvalue weighted by Gasteiger charge is -2.37. The quantitative estimate of drug-likeness (QED) is 0.806. The monoisotopic (exact) mass is 299 g/mol. The molecule has 0 heterocycles. The van der Waals surface area contributed by atoms with Gasteiger partial charge in [0.05, 0.1) is 10.7 Å². The molecule has 2 nitrogen and oxygen atoms in total. The molecule has 0 radical (unpaired) electrons.